The molecule has 28 heavy (non-hydrogen) atoms. The molecule has 1 nitrogen and oxygen atoms in total. The van der Waals surface area contributed by atoms with Crippen LogP contribution in [0.1, 0.15) is 82.8 Å². The standard InChI is InChI=1S/C27H38O/c1-18-7-9-19(10-8-18)16-20-17-24-22-12-11-21-6-4-5-14-26(21,2)23(22)13-15-27(24,3)25(20)28/h7-10,16,21-25,28H,4-6,11-15,17H2,1-3H3/b20-16+/t21-,22+,23+,24+,25+,26-,27-/m0/s1. The van der Waals surface area contributed by atoms with Gasteiger partial charge in [0.1, 0.15) is 0 Å². The van der Waals surface area contributed by atoms with Gasteiger partial charge in [-0.05, 0) is 92.1 Å². The number of fused-ring (bicyclic) bond motifs is 5. The van der Waals surface area contributed by atoms with Crippen molar-refractivity contribution in [3.8, 4) is 0 Å². The molecule has 0 spiro atoms. The van der Waals surface area contributed by atoms with Crippen LogP contribution < -0.4 is 0 Å². The van der Waals surface area contributed by atoms with E-state index in [-0.39, 0.29) is 11.5 Å². The van der Waals surface area contributed by atoms with Crippen molar-refractivity contribution in [2.24, 2.45) is 34.5 Å². The van der Waals surface area contributed by atoms with Crippen LogP contribution in [-0.2, 0) is 0 Å². The van der Waals surface area contributed by atoms with E-state index in [1.165, 1.54) is 68.1 Å². The summed E-state index contributed by atoms with van der Waals surface area (Å²) in [6.07, 6.45) is 14.4. The maximum Gasteiger partial charge on any atom is 0.0809 e. The molecular formula is C27H38O. The van der Waals surface area contributed by atoms with Gasteiger partial charge in [0.05, 0.1) is 6.10 Å². The highest BCUT2D eigenvalue weighted by Gasteiger charge is 2.60. The number of aliphatic hydroxyl groups is 1. The largest absolute Gasteiger partial charge is 0.388 e. The third-order valence-electron chi connectivity index (χ3n) is 9.88. The molecule has 0 saturated heterocycles. The first kappa shape index (κ1) is 18.9. The van der Waals surface area contributed by atoms with E-state index in [4.69, 9.17) is 0 Å². The highest BCUT2D eigenvalue weighted by molar-refractivity contribution is 5.56. The molecule has 152 valence electrons. The first-order valence-corrected chi connectivity index (χ1v) is 11.9. The van der Waals surface area contributed by atoms with Crippen LogP contribution in [0.2, 0.25) is 0 Å². The Morgan fingerprint density at radius 1 is 0.893 bits per heavy atom. The Labute approximate surface area is 171 Å². The first-order chi connectivity index (χ1) is 13.4. The van der Waals surface area contributed by atoms with Crippen LogP contribution in [0.15, 0.2) is 29.8 Å². The minimum Gasteiger partial charge on any atom is -0.388 e. The zero-order valence-corrected chi connectivity index (χ0v) is 18.1. The molecule has 0 aromatic heterocycles. The van der Waals surface area contributed by atoms with Crippen LogP contribution in [0.4, 0.5) is 0 Å². The SMILES string of the molecule is Cc1ccc(/C=C2\C[C@@H]3[C@@H]4CC[C@@H]5CCCC[C@]5(C)[C@@H]4CC[C@]3(C)[C@@H]2O)cc1. The number of hydrogen-bond acceptors (Lipinski definition) is 1. The summed E-state index contributed by atoms with van der Waals surface area (Å²) in [4.78, 5) is 0. The molecule has 0 aliphatic heterocycles. The normalized spacial score (nSPS) is 46.7. The summed E-state index contributed by atoms with van der Waals surface area (Å²) in [6, 6.07) is 8.78. The van der Waals surface area contributed by atoms with E-state index in [1.807, 2.05) is 0 Å². The van der Waals surface area contributed by atoms with Crippen molar-refractivity contribution in [2.75, 3.05) is 0 Å². The lowest BCUT2D eigenvalue weighted by molar-refractivity contribution is -0.119. The fourth-order valence-electron chi connectivity index (χ4n) is 8.17. The lowest BCUT2D eigenvalue weighted by Gasteiger charge is -2.60. The summed E-state index contributed by atoms with van der Waals surface area (Å²) in [7, 11) is 0. The molecule has 4 aliphatic rings. The monoisotopic (exact) mass is 378 g/mol. The lowest BCUT2D eigenvalue weighted by atomic mass is 9.45. The van der Waals surface area contributed by atoms with Gasteiger partial charge in [0, 0.05) is 5.41 Å². The maximum absolute atomic E-state index is 11.4. The van der Waals surface area contributed by atoms with Crippen LogP contribution in [0, 0.1) is 41.4 Å². The third kappa shape index (κ3) is 2.76. The molecule has 0 heterocycles. The summed E-state index contributed by atoms with van der Waals surface area (Å²) >= 11 is 0. The Morgan fingerprint density at radius 2 is 1.68 bits per heavy atom. The van der Waals surface area contributed by atoms with Gasteiger partial charge >= 0.3 is 0 Å². The molecule has 0 radical (unpaired) electrons. The van der Waals surface area contributed by atoms with E-state index in [0.717, 1.165) is 24.2 Å². The molecule has 1 aromatic rings. The highest BCUT2D eigenvalue weighted by atomic mass is 16.3. The molecule has 1 aromatic carbocycles. The van der Waals surface area contributed by atoms with Crippen LogP contribution in [0.3, 0.4) is 0 Å². The van der Waals surface area contributed by atoms with Crippen molar-refractivity contribution >= 4 is 6.08 Å². The molecule has 1 N–H and O–H groups in total. The Bertz CT molecular complexity index is 761. The van der Waals surface area contributed by atoms with Gasteiger partial charge in [-0.2, -0.15) is 0 Å². The Hall–Kier alpha value is -1.08. The molecule has 1 heteroatoms. The number of aliphatic hydroxyl groups excluding tert-OH is 1. The molecule has 0 bridgehead atoms. The molecule has 0 amide bonds. The van der Waals surface area contributed by atoms with Gasteiger partial charge in [0.2, 0.25) is 0 Å². The third-order valence-corrected chi connectivity index (χ3v) is 9.88. The first-order valence-electron chi connectivity index (χ1n) is 11.9. The van der Waals surface area contributed by atoms with Crippen LogP contribution in [0.25, 0.3) is 6.08 Å². The average Bonchev–Trinajstić information content (AvgIpc) is 2.94. The summed E-state index contributed by atoms with van der Waals surface area (Å²) in [5.74, 6) is 3.38. The molecule has 0 unspecified atom stereocenters. The fourth-order valence-corrected chi connectivity index (χ4v) is 8.17. The number of hydrogen-bond donors (Lipinski definition) is 1. The summed E-state index contributed by atoms with van der Waals surface area (Å²) in [6.45, 7) is 7.19. The van der Waals surface area contributed by atoms with Crippen molar-refractivity contribution < 1.29 is 5.11 Å². The minimum absolute atomic E-state index is 0.0928. The highest BCUT2D eigenvalue weighted by Crippen LogP contribution is 2.67. The number of rotatable bonds is 1. The van der Waals surface area contributed by atoms with Gasteiger partial charge in [-0.1, -0.05) is 62.6 Å². The van der Waals surface area contributed by atoms with Gasteiger partial charge in [-0.25, -0.2) is 0 Å². The van der Waals surface area contributed by atoms with Crippen molar-refractivity contribution in [1.29, 1.82) is 0 Å². The van der Waals surface area contributed by atoms with E-state index >= 15 is 0 Å². The van der Waals surface area contributed by atoms with Gasteiger partial charge in [-0.3, -0.25) is 0 Å². The zero-order chi connectivity index (χ0) is 19.5. The van der Waals surface area contributed by atoms with Gasteiger partial charge in [0.25, 0.3) is 0 Å². The van der Waals surface area contributed by atoms with Crippen LogP contribution >= 0.6 is 0 Å². The second-order valence-electron chi connectivity index (χ2n) is 11.2. The van der Waals surface area contributed by atoms with Gasteiger partial charge in [0.15, 0.2) is 0 Å². The van der Waals surface area contributed by atoms with Crippen molar-refractivity contribution in [2.45, 2.75) is 84.7 Å². The lowest BCUT2D eigenvalue weighted by Crippen LogP contribution is -2.53. The Balaban J connectivity index is 1.45. The average molecular weight is 379 g/mol. The van der Waals surface area contributed by atoms with E-state index < -0.39 is 0 Å². The van der Waals surface area contributed by atoms with E-state index in [0.29, 0.717) is 11.3 Å². The van der Waals surface area contributed by atoms with Crippen molar-refractivity contribution in [1.82, 2.24) is 0 Å². The van der Waals surface area contributed by atoms with E-state index in [9.17, 15) is 5.11 Å². The van der Waals surface area contributed by atoms with E-state index in [2.05, 4.69) is 51.1 Å². The second-order valence-corrected chi connectivity index (χ2v) is 11.2. The predicted octanol–water partition coefficient (Wildman–Crippen LogP) is 6.78. The number of benzene rings is 1. The van der Waals surface area contributed by atoms with Gasteiger partial charge < -0.3 is 5.11 Å². The smallest absolute Gasteiger partial charge is 0.0809 e. The van der Waals surface area contributed by atoms with E-state index in [1.54, 1.807) is 0 Å². The minimum atomic E-state index is -0.253. The molecule has 7 atom stereocenters. The fraction of sp³-hybridized carbons (Fsp3) is 0.704. The quantitative estimate of drug-likeness (QED) is 0.571. The molecule has 5 rings (SSSR count). The molecule has 4 aliphatic carbocycles. The number of aryl methyl sites for hydroxylation is 1. The molecule has 4 saturated carbocycles. The Kier molecular flexibility index (Phi) is 4.54. The zero-order valence-electron chi connectivity index (χ0n) is 18.1. The van der Waals surface area contributed by atoms with Crippen LogP contribution in [0.5, 0.6) is 0 Å². The van der Waals surface area contributed by atoms with Crippen LogP contribution in [-0.4, -0.2) is 11.2 Å². The molecular weight excluding hydrogens is 340 g/mol. The second kappa shape index (κ2) is 6.73. The predicted molar refractivity (Wildman–Crippen MR) is 117 cm³/mol. The summed E-state index contributed by atoms with van der Waals surface area (Å²) < 4.78 is 0. The van der Waals surface area contributed by atoms with Gasteiger partial charge in [-0.15, -0.1) is 0 Å². The molecule has 4 fully saturated rings. The Morgan fingerprint density at radius 3 is 2.46 bits per heavy atom. The van der Waals surface area contributed by atoms with Crippen molar-refractivity contribution in [3.05, 3.63) is 41.0 Å². The van der Waals surface area contributed by atoms with Crippen molar-refractivity contribution in [3.63, 3.8) is 0 Å². The maximum atomic E-state index is 11.4. The topological polar surface area (TPSA) is 20.2 Å². The summed E-state index contributed by atoms with van der Waals surface area (Å²) in [5.41, 5.74) is 4.52. The summed E-state index contributed by atoms with van der Waals surface area (Å²) in [5, 5.41) is 11.4.